The summed E-state index contributed by atoms with van der Waals surface area (Å²) in [6.07, 6.45) is 1.01. The molecule has 7 nitrogen and oxygen atoms in total. The Morgan fingerprint density at radius 1 is 1.10 bits per heavy atom. The van der Waals surface area contributed by atoms with Crippen LogP contribution < -0.4 is 9.62 Å². The predicted octanol–water partition coefficient (Wildman–Crippen LogP) is 2.52. The van der Waals surface area contributed by atoms with E-state index < -0.39 is 40.2 Å². The van der Waals surface area contributed by atoms with Crippen LogP contribution in [0.1, 0.15) is 12.5 Å². The summed E-state index contributed by atoms with van der Waals surface area (Å²) < 4.78 is 39.7. The third-order valence-corrected chi connectivity index (χ3v) is 6.14. The fourth-order valence-electron chi connectivity index (χ4n) is 2.80. The average Bonchev–Trinajstić information content (AvgIpc) is 2.70. The van der Waals surface area contributed by atoms with Crippen LogP contribution in [0.4, 0.5) is 10.1 Å². The van der Waals surface area contributed by atoms with E-state index in [9.17, 15) is 22.4 Å². The van der Waals surface area contributed by atoms with Gasteiger partial charge in [0.05, 0.1) is 11.9 Å². The SMILES string of the molecule is CNC(=O)[C@H](C)N(Cc1ccc(F)cc1)C(=O)CN(c1ccc(Br)cc1)S(C)(=O)=O. The molecule has 0 fully saturated rings. The van der Waals surface area contributed by atoms with Gasteiger partial charge < -0.3 is 10.2 Å². The largest absolute Gasteiger partial charge is 0.357 e. The molecule has 0 saturated carbocycles. The highest BCUT2D eigenvalue weighted by atomic mass is 79.9. The Hall–Kier alpha value is -2.46. The third-order valence-electron chi connectivity index (χ3n) is 4.47. The van der Waals surface area contributed by atoms with Crippen molar-refractivity contribution >= 4 is 43.5 Å². The molecule has 30 heavy (non-hydrogen) atoms. The highest BCUT2D eigenvalue weighted by Gasteiger charge is 2.29. The van der Waals surface area contributed by atoms with Crippen molar-refractivity contribution in [1.29, 1.82) is 0 Å². The van der Waals surface area contributed by atoms with Crippen LogP contribution in [0.2, 0.25) is 0 Å². The van der Waals surface area contributed by atoms with Crippen LogP contribution in [0.3, 0.4) is 0 Å². The number of carbonyl (C=O) groups is 2. The van der Waals surface area contributed by atoms with Crippen molar-refractivity contribution in [3.63, 3.8) is 0 Å². The topological polar surface area (TPSA) is 86.8 Å². The molecule has 1 atom stereocenters. The van der Waals surface area contributed by atoms with Crippen LogP contribution in [0.15, 0.2) is 53.0 Å². The number of hydrogen-bond donors (Lipinski definition) is 1. The van der Waals surface area contributed by atoms with Gasteiger partial charge in [-0.25, -0.2) is 12.8 Å². The molecule has 162 valence electrons. The third kappa shape index (κ3) is 6.27. The Labute approximate surface area is 184 Å². The normalized spacial score (nSPS) is 12.2. The molecule has 0 aliphatic heterocycles. The lowest BCUT2D eigenvalue weighted by Gasteiger charge is -2.31. The molecule has 10 heteroatoms. The number of benzene rings is 2. The number of rotatable bonds is 8. The summed E-state index contributed by atoms with van der Waals surface area (Å²) >= 11 is 3.29. The van der Waals surface area contributed by atoms with Crippen molar-refractivity contribution < 1.29 is 22.4 Å². The first-order valence-corrected chi connectivity index (χ1v) is 11.7. The molecule has 0 saturated heterocycles. The van der Waals surface area contributed by atoms with Crippen molar-refractivity contribution in [3.8, 4) is 0 Å². The maximum atomic E-state index is 13.2. The van der Waals surface area contributed by atoms with Gasteiger partial charge in [-0.3, -0.25) is 13.9 Å². The Morgan fingerprint density at radius 2 is 1.67 bits per heavy atom. The van der Waals surface area contributed by atoms with Crippen LogP contribution in [0, 0.1) is 5.82 Å². The minimum Gasteiger partial charge on any atom is -0.357 e. The van der Waals surface area contributed by atoms with Gasteiger partial charge in [-0.15, -0.1) is 0 Å². The van der Waals surface area contributed by atoms with Crippen molar-refractivity contribution in [2.75, 3.05) is 24.2 Å². The second kappa shape index (κ2) is 10.0. The molecule has 0 bridgehead atoms. The Morgan fingerprint density at radius 3 is 2.17 bits per heavy atom. The zero-order chi connectivity index (χ0) is 22.5. The monoisotopic (exact) mass is 499 g/mol. The molecule has 2 aromatic carbocycles. The molecule has 0 heterocycles. The fourth-order valence-corrected chi connectivity index (χ4v) is 3.91. The maximum absolute atomic E-state index is 13.2. The quantitative estimate of drug-likeness (QED) is 0.604. The zero-order valence-electron chi connectivity index (χ0n) is 16.8. The highest BCUT2D eigenvalue weighted by Crippen LogP contribution is 2.21. The number of halogens is 2. The van der Waals surface area contributed by atoms with Gasteiger partial charge in [0.1, 0.15) is 18.4 Å². The predicted molar refractivity (Wildman–Crippen MR) is 117 cm³/mol. The van der Waals surface area contributed by atoms with Crippen molar-refractivity contribution in [3.05, 3.63) is 64.4 Å². The fraction of sp³-hybridized carbons (Fsp3) is 0.300. The van der Waals surface area contributed by atoms with E-state index in [-0.39, 0.29) is 6.54 Å². The van der Waals surface area contributed by atoms with Gasteiger partial charge in [0, 0.05) is 18.1 Å². The molecular formula is C20H23BrFN3O4S. The van der Waals surface area contributed by atoms with E-state index in [1.54, 1.807) is 31.2 Å². The first-order valence-electron chi connectivity index (χ1n) is 9.01. The summed E-state index contributed by atoms with van der Waals surface area (Å²) in [6.45, 7) is 1.08. The van der Waals surface area contributed by atoms with Crippen molar-refractivity contribution in [1.82, 2.24) is 10.2 Å². The molecule has 2 aromatic rings. The van der Waals surface area contributed by atoms with E-state index in [1.165, 1.54) is 36.2 Å². The molecule has 2 amide bonds. The summed E-state index contributed by atoms with van der Waals surface area (Å²) in [5.74, 6) is -1.39. The summed E-state index contributed by atoms with van der Waals surface area (Å²) in [4.78, 5) is 26.6. The number of sulfonamides is 1. The van der Waals surface area contributed by atoms with E-state index >= 15 is 0 Å². The second-order valence-corrected chi connectivity index (χ2v) is 9.51. The average molecular weight is 500 g/mol. The Kier molecular flexibility index (Phi) is 7.96. The van der Waals surface area contributed by atoms with Crippen LogP contribution in [-0.4, -0.2) is 51.0 Å². The van der Waals surface area contributed by atoms with Crippen LogP contribution in [0.25, 0.3) is 0 Å². The first kappa shape index (κ1) is 23.8. The Bertz CT molecular complexity index is 998. The number of carbonyl (C=O) groups excluding carboxylic acids is 2. The van der Waals surface area contributed by atoms with Gasteiger partial charge in [0.2, 0.25) is 21.8 Å². The van der Waals surface area contributed by atoms with E-state index in [4.69, 9.17) is 0 Å². The van der Waals surface area contributed by atoms with Crippen molar-refractivity contribution in [2.45, 2.75) is 19.5 Å². The summed E-state index contributed by atoms with van der Waals surface area (Å²) in [5.41, 5.74) is 0.929. The molecule has 0 aliphatic rings. The van der Waals surface area contributed by atoms with Gasteiger partial charge >= 0.3 is 0 Å². The van der Waals surface area contributed by atoms with Crippen LogP contribution in [0.5, 0.6) is 0 Å². The molecule has 0 aromatic heterocycles. The van der Waals surface area contributed by atoms with Gasteiger partial charge in [0.25, 0.3) is 0 Å². The molecule has 0 unspecified atom stereocenters. The molecule has 0 aliphatic carbocycles. The Balaban J connectivity index is 2.35. The van der Waals surface area contributed by atoms with E-state index in [1.807, 2.05) is 0 Å². The number of nitrogens with one attached hydrogen (secondary N) is 1. The minimum absolute atomic E-state index is 0.0195. The van der Waals surface area contributed by atoms with E-state index in [2.05, 4.69) is 21.2 Å². The standard InChI is InChI=1S/C20H23BrFN3O4S/c1-14(20(27)23-2)24(12-15-4-8-17(22)9-5-15)19(26)13-25(30(3,28)29)18-10-6-16(21)7-11-18/h4-11,14H,12-13H2,1-3H3,(H,23,27)/t14-/m0/s1. The zero-order valence-corrected chi connectivity index (χ0v) is 19.2. The number of amides is 2. The van der Waals surface area contributed by atoms with E-state index in [0.717, 1.165) is 15.0 Å². The molecule has 0 spiro atoms. The van der Waals surface area contributed by atoms with Gasteiger partial charge in [-0.1, -0.05) is 28.1 Å². The summed E-state index contributed by atoms with van der Waals surface area (Å²) in [6, 6.07) is 11.2. The lowest BCUT2D eigenvalue weighted by atomic mass is 10.1. The number of anilines is 1. The minimum atomic E-state index is -3.77. The van der Waals surface area contributed by atoms with Gasteiger partial charge in [-0.2, -0.15) is 0 Å². The number of likely N-dealkylation sites (N-methyl/N-ethyl adjacent to an activating group) is 1. The first-order chi connectivity index (χ1) is 14.0. The van der Waals surface area contributed by atoms with Gasteiger partial charge in [-0.05, 0) is 48.9 Å². The van der Waals surface area contributed by atoms with Crippen LogP contribution in [-0.2, 0) is 26.2 Å². The van der Waals surface area contributed by atoms with Crippen molar-refractivity contribution in [2.24, 2.45) is 0 Å². The molecular weight excluding hydrogens is 477 g/mol. The number of hydrogen-bond acceptors (Lipinski definition) is 4. The lowest BCUT2D eigenvalue weighted by molar-refractivity contribution is -0.139. The molecule has 1 N–H and O–H groups in total. The smallest absolute Gasteiger partial charge is 0.244 e. The maximum Gasteiger partial charge on any atom is 0.244 e. The second-order valence-electron chi connectivity index (χ2n) is 6.68. The van der Waals surface area contributed by atoms with Crippen LogP contribution >= 0.6 is 15.9 Å². The molecule has 2 rings (SSSR count). The van der Waals surface area contributed by atoms with Gasteiger partial charge in [0.15, 0.2) is 0 Å². The van der Waals surface area contributed by atoms with E-state index in [0.29, 0.717) is 11.3 Å². The molecule has 0 radical (unpaired) electrons. The summed E-state index contributed by atoms with van der Waals surface area (Å²) in [5, 5.41) is 2.49. The summed E-state index contributed by atoms with van der Waals surface area (Å²) in [7, 11) is -2.32. The lowest BCUT2D eigenvalue weighted by Crippen LogP contribution is -2.50. The number of nitrogens with zero attached hydrogens (tertiary/aromatic N) is 2. The highest BCUT2D eigenvalue weighted by molar-refractivity contribution is 9.10.